The smallest absolute Gasteiger partial charge is 0.339 e. The van der Waals surface area contributed by atoms with Crippen LogP contribution in [-0.2, 0) is 11.3 Å². The molecule has 0 aliphatic heterocycles. The number of fused-ring (bicyclic) bond motifs is 1. The van der Waals surface area contributed by atoms with Crippen molar-refractivity contribution in [1.29, 1.82) is 0 Å². The van der Waals surface area contributed by atoms with E-state index in [0.29, 0.717) is 33.6 Å². The van der Waals surface area contributed by atoms with Gasteiger partial charge in [-0.3, -0.25) is 0 Å². The third kappa shape index (κ3) is 3.93. The standard InChI is InChI=1S/C23H14FN3O3S/c24-15-9-7-14(8-10-15)19-12-17(16-4-1-2-5-18(16)25-19)23(28)29-13-21-26-27-22(30-21)20-6-3-11-31-20/h1-12H,13H2. The maximum atomic E-state index is 13.3. The Balaban J connectivity index is 1.43. The van der Waals surface area contributed by atoms with Gasteiger partial charge in [0.05, 0.1) is 21.7 Å². The van der Waals surface area contributed by atoms with Crippen LogP contribution in [0, 0.1) is 5.82 Å². The summed E-state index contributed by atoms with van der Waals surface area (Å²) < 4.78 is 24.3. The highest BCUT2D eigenvalue weighted by atomic mass is 32.1. The van der Waals surface area contributed by atoms with Gasteiger partial charge in [-0.05, 0) is 47.8 Å². The molecule has 6 nitrogen and oxygen atoms in total. The molecular formula is C23H14FN3O3S. The topological polar surface area (TPSA) is 78.1 Å². The van der Waals surface area contributed by atoms with Crippen molar-refractivity contribution in [3.05, 3.63) is 89.4 Å². The Morgan fingerprint density at radius 2 is 1.87 bits per heavy atom. The zero-order valence-electron chi connectivity index (χ0n) is 16.0. The van der Waals surface area contributed by atoms with Gasteiger partial charge in [0.15, 0.2) is 6.61 Å². The van der Waals surface area contributed by atoms with Crippen molar-refractivity contribution >= 4 is 28.2 Å². The van der Waals surface area contributed by atoms with Crippen LogP contribution < -0.4 is 0 Å². The molecule has 0 bridgehead atoms. The molecule has 0 atom stereocenters. The molecule has 0 radical (unpaired) electrons. The minimum absolute atomic E-state index is 0.153. The molecule has 8 heteroatoms. The molecule has 0 fully saturated rings. The molecule has 31 heavy (non-hydrogen) atoms. The third-order valence-electron chi connectivity index (χ3n) is 4.60. The highest BCUT2D eigenvalue weighted by Crippen LogP contribution is 2.26. The molecule has 0 amide bonds. The highest BCUT2D eigenvalue weighted by molar-refractivity contribution is 7.13. The lowest BCUT2D eigenvalue weighted by Crippen LogP contribution is -2.07. The Kier molecular flexibility index (Phi) is 4.97. The van der Waals surface area contributed by atoms with Crippen molar-refractivity contribution in [2.75, 3.05) is 0 Å². The summed E-state index contributed by atoms with van der Waals surface area (Å²) in [6.07, 6.45) is 0. The molecular weight excluding hydrogens is 417 g/mol. The summed E-state index contributed by atoms with van der Waals surface area (Å²) in [5.74, 6) is -0.300. The number of carbonyl (C=O) groups is 1. The molecule has 3 aromatic heterocycles. The lowest BCUT2D eigenvalue weighted by Gasteiger charge is -2.09. The van der Waals surface area contributed by atoms with Gasteiger partial charge in [-0.25, -0.2) is 14.2 Å². The fourth-order valence-corrected chi connectivity index (χ4v) is 3.77. The zero-order valence-corrected chi connectivity index (χ0v) is 16.8. The lowest BCUT2D eigenvalue weighted by atomic mass is 10.0. The number of carbonyl (C=O) groups excluding carboxylic acids is 1. The monoisotopic (exact) mass is 431 g/mol. The van der Waals surface area contributed by atoms with Crippen LogP contribution in [0.4, 0.5) is 4.39 Å². The van der Waals surface area contributed by atoms with Gasteiger partial charge in [0.2, 0.25) is 0 Å². The fourth-order valence-electron chi connectivity index (χ4n) is 3.13. The summed E-state index contributed by atoms with van der Waals surface area (Å²) in [5.41, 5.74) is 2.22. The maximum absolute atomic E-state index is 13.3. The van der Waals surface area contributed by atoms with E-state index >= 15 is 0 Å². The first-order chi connectivity index (χ1) is 15.2. The van der Waals surface area contributed by atoms with Crippen LogP contribution in [0.3, 0.4) is 0 Å². The van der Waals surface area contributed by atoms with Crippen LogP contribution in [0.2, 0.25) is 0 Å². The average Bonchev–Trinajstić information content (AvgIpc) is 3.49. The molecule has 0 spiro atoms. The molecule has 152 valence electrons. The lowest BCUT2D eigenvalue weighted by molar-refractivity contribution is 0.0441. The van der Waals surface area contributed by atoms with Crippen LogP contribution >= 0.6 is 11.3 Å². The molecule has 2 aromatic carbocycles. The number of hydrogen-bond donors (Lipinski definition) is 0. The molecule has 0 saturated carbocycles. The van der Waals surface area contributed by atoms with Crippen LogP contribution in [0.1, 0.15) is 16.2 Å². The number of thiophene rings is 1. The van der Waals surface area contributed by atoms with Gasteiger partial charge in [-0.1, -0.05) is 24.3 Å². The van der Waals surface area contributed by atoms with Gasteiger partial charge in [-0.2, -0.15) is 0 Å². The quantitative estimate of drug-likeness (QED) is 0.342. The van der Waals surface area contributed by atoms with E-state index in [0.717, 1.165) is 4.88 Å². The van der Waals surface area contributed by atoms with Crippen molar-refractivity contribution < 1.29 is 18.3 Å². The number of esters is 1. The van der Waals surface area contributed by atoms with Crippen molar-refractivity contribution in [2.45, 2.75) is 6.61 Å². The molecule has 0 saturated heterocycles. The summed E-state index contributed by atoms with van der Waals surface area (Å²) in [7, 11) is 0. The summed E-state index contributed by atoms with van der Waals surface area (Å²) in [6.45, 7) is -0.153. The zero-order chi connectivity index (χ0) is 21.2. The highest BCUT2D eigenvalue weighted by Gasteiger charge is 2.17. The van der Waals surface area contributed by atoms with Gasteiger partial charge in [-0.15, -0.1) is 21.5 Å². The number of rotatable bonds is 5. The Morgan fingerprint density at radius 3 is 2.68 bits per heavy atom. The van der Waals surface area contributed by atoms with Gasteiger partial charge in [0.1, 0.15) is 5.82 Å². The Labute approximate surface area is 180 Å². The van der Waals surface area contributed by atoms with E-state index in [2.05, 4.69) is 15.2 Å². The van der Waals surface area contributed by atoms with Gasteiger partial charge >= 0.3 is 5.97 Å². The van der Waals surface area contributed by atoms with Crippen LogP contribution in [-0.4, -0.2) is 21.2 Å². The van der Waals surface area contributed by atoms with E-state index in [1.54, 1.807) is 24.3 Å². The van der Waals surface area contributed by atoms with E-state index in [4.69, 9.17) is 9.15 Å². The van der Waals surface area contributed by atoms with Crippen molar-refractivity contribution in [2.24, 2.45) is 0 Å². The normalized spacial score (nSPS) is 11.0. The van der Waals surface area contributed by atoms with Gasteiger partial charge < -0.3 is 9.15 Å². The first-order valence-corrected chi connectivity index (χ1v) is 10.2. The average molecular weight is 431 g/mol. The fraction of sp³-hybridized carbons (Fsp3) is 0.0435. The van der Waals surface area contributed by atoms with E-state index in [-0.39, 0.29) is 18.3 Å². The predicted molar refractivity (Wildman–Crippen MR) is 114 cm³/mol. The molecule has 5 aromatic rings. The Hall–Kier alpha value is -3.91. The maximum Gasteiger partial charge on any atom is 0.339 e. The van der Waals surface area contributed by atoms with E-state index in [1.807, 2.05) is 35.7 Å². The molecule has 0 aliphatic rings. The predicted octanol–water partition coefficient (Wildman–Crippen LogP) is 5.51. The molecule has 0 N–H and O–H groups in total. The number of para-hydroxylation sites is 1. The second kappa shape index (κ2) is 8.08. The minimum Gasteiger partial charge on any atom is -0.452 e. The van der Waals surface area contributed by atoms with Crippen LogP contribution in [0.15, 0.2) is 76.5 Å². The molecule has 0 unspecified atom stereocenters. The second-order valence-corrected chi connectivity index (χ2v) is 7.58. The summed E-state index contributed by atoms with van der Waals surface area (Å²) in [6, 6.07) is 18.6. The largest absolute Gasteiger partial charge is 0.452 e. The number of benzene rings is 2. The Bertz CT molecular complexity index is 1360. The number of ether oxygens (including phenoxy) is 1. The number of hydrogen-bond acceptors (Lipinski definition) is 7. The number of halogens is 1. The van der Waals surface area contributed by atoms with Crippen molar-refractivity contribution in [1.82, 2.24) is 15.2 Å². The molecule has 5 rings (SSSR count). The second-order valence-electron chi connectivity index (χ2n) is 6.63. The van der Waals surface area contributed by atoms with E-state index in [1.165, 1.54) is 23.5 Å². The molecule has 3 heterocycles. The summed E-state index contributed by atoms with van der Waals surface area (Å²) >= 11 is 1.48. The Morgan fingerprint density at radius 1 is 1.03 bits per heavy atom. The summed E-state index contributed by atoms with van der Waals surface area (Å²) in [5, 5.41) is 10.5. The molecule has 0 aliphatic carbocycles. The first kappa shape index (κ1) is 19.1. The van der Waals surface area contributed by atoms with Crippen LogP contribution in [0.25, 0.3) is 32.9 Å². The van der Waals surface area contributed by atoms with Gasteiger partial charge in [0, 0.05) is 10.9 Å². The third-order valence-corrected chi connectivity index (χ3v) is 5.46. The number of nitrogens with zero attached hydrogens (tertiary/aromatic N) is 3. The first-order valence-electron chi connectivity index (χ1n) is 9.36. The summed E-state index contributed by atoms with van der Waals surface area (Å²) in [4.78, 5) is 18.3. The van der Waals surface area contributed by atoms with Crippen molar-refractivity contribution in [3.8, 4) is 22.0 Å². The van der Waals surface area contributed by atoms with Crippen molar-refractivity contribution in [3.63, 3.8) is 0 Å². The SMILES string of the molecule is O=C(OCc1nnc(-c2cccs2)o1)c1cc(-c2ccc(F)cc2)nc2ccccc12. The number of pyridine rings is 1. The van der Waals surface area contributed by atoms with E-state index < -0.39 is 5.97 Å². The van der Waals surface area contributed by atoms with E-state index in [9.17, 15) is 9.18 Å². The van der Waals surface area contributed by atoms with Gasteiger partial charge in [0.25, 0.3) is 11.8 Å². The number of aromatic nitrogens is 3. The minimum atomic E-state index is -0.544. The van der Waals surface area contributed by atoms with Crippen LogP contribution in [0.5, 0.6) is 0 Å².